The molecule has 6 heteroatoms. The van der Waals surface area contributed by atoms with Crippen LogP contribution in [0.4, 0.5) is 5.88 Å². The van der Waals surface area contributed by atoms with Crippen molar-refractivity contribution in [2.24, 2.45) is 0 Å². The number of aromatic nitrogens is 2. The summed E-state index contributed by atoms with van der Waals surface area (Å²) in [5, 5.41) is 17.0. The molecule has 0 saturated heterocycles. The third kappa shape index (κ3) is 2.60. The molecular formula is C22H19N3O3. The van der Waals surface area contributed by atoms with E-state index in [1.54, 1.807) is 24.5 Å². The summed E-state index contributed by atoms with van der Waals surface area (Å²) in [5.74, 6) is 0.773. The minimum Gasteiger partial charge on any atom is -0.508 e. The number of phenolic OH excluding ortho intramolecular Hbond substituents is 1. The molecule has 140 valence electrons. The molecule has 0 amide bonds. The maximum atomic E-state index is 13.3. The number of nitrogens with zero attached hydrogens (tertiary/aromatic N) is 2. The Labute approximate surface area is 161 Å². The van der Waals surface area contributed by atoms with E-state index in [1.807, 2.05) is 31.2 Å². The number of pyridine rings is 1. The minimum atomic E-state index is -0.223. The van der Waals surface area contributed by atoms with Gasteiger partial charge in [-0.3, -0.25) is 9.78 Å². The number of aromatic hydroxyl groups is 1. The summed E-state index contributed by atoms with van der Waals surface area (Å²) in [6, 6.07) is 11.0. The van der Waals surface area contributed by atoms with Gasteiger partial charge >= 0.3 is 0 Å². The Hall–Kier alpha value is -3.41. The van der Waals surface area contributed by atoms with Crippen LogP contribution in [0.15, 0.2) is 64.6 Å². The van der Waals surface area contributed by atoms with Crippen LogP contribution in [-0.4, -0.2) is 21.0 Å². The van der Waals surface area contributed by atoms with Gasteiger partial charge in [-0.1, -0.05) is 23.4 Å². The topological polar surface area (TPSA) is 88.2 Å². The lowest BCUT2D eigenvalue weighted by Crippen LogP contribution is -2.29. The highest BCUT2D eigenvalue weighted by Crippen LogP contribution is 2.48. The van der Waals surface area contributed by atoms with Crippen molar-refractivity contribution in [3.8, 4) is 5.75 Å². The van der Waals surface area contributed by atoms with E-state index >= 15 is 0 Å². The number of rotatable bonds is 2. The molecule has 5 rings (SSSR count). The summed E-state index contributed by atoms with van der Waals surface area (Å²) in [7, 11) is 0. The molecule has 0 saturated carbocycles. The van der Waals surface area contributed by atoms with Crippen LogP contribution in [0.25, 0.3) is 0 Å². The van der Waals surface area contributed by atoms with E-state index in [4.69, 9.17) is 4.52 Å². The monoisotopic (exact) mass is 373 g/mol. The Morgan fingerprint density at radius 2 is 1.96 bits per heavy atom. The van der Waals surface area contributed by atoms with Gasteiger partial charge in [-0.25, -0.2) is 0 Å². The lowest BCUT2D eigenvalue weighted by atomic mass is 9.72. The number of ketones is 1. The molecule has 2 aromatic heterocycles. The molecule has 1 aromatic carbocycles. The van der Waals surface area contributed by atoms with Gasteiger partial charge in [-0.2, -0.15) is 0 Å². The average molecular weight is 373 g/mol. The quantitative estimate of drug-likeness (QED) is 0.705. The molecule has 0 spiro atoms. The van der Waals surface area contributed by atoms with E-state index in [9.17, 15) is 9.90 Å². The lowest BCUT2D eigenvalue weighted by Gasteiger charge is -2.34. The Bertz CT molecular complexity index is 1080. The van der Waals surface area contributed by atoms with E-state index in [0.29, 0.717) is 18.7 Å². The molecule has 1 aliphatic carbocycles. The second-order valence-electron chi connectivity index (χ2n) is 7.37. The van der Waals surface area contributed by atoms with Gasteiger partial charge < -0.3 is 14.9 Å². The summed E-state index contributed by atoms with van der Waals surface area (Å²) in [4.78, 5) is 17.5. The number of carbonyl (C=O) groups excluding carboxylic acids is 1. The van der Waals surface area contributed by atoms with Crippen LogP contribution in [0.2, 0.25) is 0 Å². The summed E-state index contributed by atoms with van der Waals surface area (Å²) >= 11 is 0. The number of fused-ring (bicyclic) bond motifs is 1. The second-order valence-corrected chi connectivity index (χ2v) is 7.37. The van der Waals surface area contributed by atoms with Gasteiger partial charge in [0.05, 0.1) is 11.3 Å². The number of carbonyl (C=O) groups is 1. The Morgan fingerprint density at radius 1 is 1.14 bits per heavy atom. The van der Waals surface area contributed by atoms with Crippen LogP contribution >= 0.6 is 0 Å². The first-order valence-electron chi connectivity index (χ1n) is 9.30. The molecule has 1 aliphatic heterocycles. The normalized spacial score (nSPS) is 21.1. The SMILES string of the molecule is Cc1noc2c1[C@H](c1cccnc1)C1=C(C[C@@H](c3ccc(O)cc3)CC1=O)N2. The number of hydrogen-bond donors (Lipinski definition) is 2. The molecule has 28 heavy (non-hydrogen) atoms. The smallest absolute Gasteiger partial charge is 0.233 e. The maximum absolute atomic E-state index is 13.3. The predicted octanol–water partition coefficient (Wildman–Crippen LogP) is 4.04. The molecule has 2 aliphatic rings. The first kappa shape index (κ1) is 16.7. The molecule has 2 atom stereocenters. The molecule has 6 nitrogen and oxygen atoms in total. The summed E-state index contributed by atoms with van der Waals surface area (Å²) < 4.78 is 5.52. The molecule has 0 fully saturated rings. The van der Waals surface area contributed by atoms with Crippen molar-refractivity contribution >= 4 is 11.7 Å². The van der Waals surface area contributed by atoms with E-state index in [0.717, 1.165) is 33.7 Å². The average Bonchev–Trinajstić information content (AvgIpc) is 3.08. The standard InChI is InChI=1S/C22H19N3O3/c1-12-19-20(14-3-2-8-23-11-14)21-17(24-22(19)28-25-12)9-15(10-18(21)27)13-4-6-16(26)7-5-13/h2-8,11,15,20,24,26H,9-10H2,1H3/t15-,20+/m1/s1. The predicted molar refractivity (Wildman–Crippen MR) is 103 cm³/mol. The number of phenols is 1. The zero-order valence-corrected chi connectivity index (χ0v) is 15.3. The highest BCUT2D eigenvalue weighted by Gasteiger charge is 2.41. The lowest BCUT2D eigenvalue weighted by molar-refractivity contribution is -0.116. The first-order valence-corrected chi connectivity index (χ1v) is 9.30. The molecule has 0 bridgehead atoms. The third-order valence-electron chi connectivity index (χ3n) is 5.64. The van der Waals surface area contributed by atoms with Gasteiger partial charge in [0, 0.05) is 36.0 Å². The van der Waals surface area contributed by atoms with Crippen LogP contribution in [-0.2, 0) is 4.79 Å². The number of anilines is 1. The van der Waals surface area contributed by atoms with Crippen LogP contribution < -0.4 is 5.32 Å². The fourth-order valence-corrected chi connectivity index (χ4v) is 4.33. The number of aryl methyl sites for hydroxylation is 1. The number of hydrogen-bond acceptors (Lipinski definition) is 6. The van der Waals surface area contributed by atoms with Crippen molar-refractivity contribution in [1.29, 1.82) is 0 Å². The molecule has 3 aromatic rings. The van der Waals surface area contributed by atoms with E-state index in [2.05, 4.69) is 15.5 Å². The van der Waals surface area contributed by atoms with Gasteiger partial charge in [0.15, 0.2) is 5.78 Å². The third-order valence-corrected chi connectivity index (χ3v) is 5.64. The van der Waals surface area contributed by atoms with Crippen molar-refractivity contribution in [3.63, 3.8) is 0 Å². The van der Waals surface area contributed by atoms with Crippen molar-refractivity contribution in [2.75, 3.05) is 5.32 Å². The van der Waals surface area contributed by atoms with Crippen molar-refractivity contribution in [3.05, 3.63) is 82.4 Å². The summed E-state index contributed by atoms with van der Waals surface area (Å²) in [6.45, 7) is 1.89. The van der Waals surface area contributed by atoms with E-state index < -0.39 is 0 Å². The molecule has 2 N–H and O–H groups in total. The van der Waals surface area contributed by atoms with E-state index in [-0.39, 0.29) is 23.4 Å². The highest BCUT2D eigenvalue weighted by molar-refractivity contribution is 6.01. The van der Waals surface area contributed by atoms with E-state index in [1.165, 1.54) is 0 Å². The minimum absolute atomic E-state index is 0.0551. The van der Waals surface area contributed by atoms with Gasteiger partial charge in [0.1, 0.15) is 5.75 Å². The zero-order valence-electron chi connectivity index (χ0n) is 15.3. The maximum Gasteiger partial charge on any atom is 0.233 e. The summed E-state index contributed by atoms with van der Waals surface area (Å²) in [6.07, 6.45) is 4.66. The number of nitrogens with one attached hydrogen (secondary N) is 1. The van der Waals surface area contributed by atoms with Crippen LogP contribution in [0.3, 0.4) is 0 Å². The number of Topliss-reactive ketones (excluding diaryl/α,β-unsaturated/α-hetero) is 1. The van der Waals surface area contributed by atoms with Gasteiger partial charge in [0.2, 0.25) is 5.88 Å². The summed E-state index contributed by atoms with van der Waals surface area (Å²) in [5.41, 5.74) is 5.34. The molecule has 0 unspecified atom stereocenters. The Morgan fingerprint density at radius 3 is 2.71 bits per heavy atom. The van der Waals surface area contributed by atoms with Crippen LogP contribution in [0, 0.1) is 6.92 Å². The number of benzene rings is 1. The fraction of sp³-hybridized carbons (Fsp3) is 0.227. The van der Waals surface area contributed by atoms with Crippen LogP contribution in [0.5, 0.6) is 5.75 Å². The number of allylic oxidation sites excluding steroid dienone is 2. The Kier molecular flexibility index (Phi) is 3.79. The fourth-order valence-electron chi connectivity index (χ4n) is 4.33. The molecular weight excluding hydrogens is 354 g/mol. The molecule has 3 heterocycles. The highest BCUT2D eigenvalue weighted by atomic mass is 16.5. The second kappa shape index (κ2) is 6.34. The Balaban J connectivity index is 1.61. The van der Waals surface area contributed by atoms with Gasteiger partial charge in [-0.05, 0) is 48.6 Å². The van der Waals surface area contributed by atoms with Crippen LogP contribution in [0.1, 0.15) is 47.1 Å². The molecule has 0 radical (unpaired) electrons. The first-order chi connectivity index (χ1) is 13.6. The van der Waals surface area contributed by atoms with Gasteiger partial charge in [-0.15, -0.1) is 0 Å². The largest absolute Gasteiger partial charge is 0.508 e. The van der Waals surface area contributed by atoms with Gasteiger partial charge in [0.25, 0.3) is 0 Å². The zero-order chi connectivity index (χ0) is 19.3. The van der Waals surface area contributed by atoms with Crippen molar-refractivity contribution < 1.29 is 14.4 Å². The van der Waals surface area contributed by atoms with Crippen molar-refractivity contribution in [2.45, 2.75) is 31.6 Å². The van der Waals surface area contributed by atoms with Crippen molar-refractivity contribution in [1.82, 2.24) is 10.1 Å².